The molecule has 0 radical (unpaired) electrons. The summed E-state index contributed by atoms with van der Waals surface area (Å²) in [4.78, 5) is 11.5. The molecule has 2 saturated carbocycles. The highest BCUT2D eigenvalue weighted by atomic mass is 16.6. The van der Waals surface area contributed by atoms with E-state index in [4.69, 9.17) is 4.74 Å². The molecule has 2 aliphatic rings. The Hall–Kier alpha value is -0.770. The molecule has 0 bridgehead atoms. The van der Waals surface area contributed by atoms with Gasteiger partial charge in [0.15, 0.2) is 0 Å². The summed E-state index contributed by atoms with van der Waals surface area (Å²) in [5.41, 5.74) is -0.630. The average molecular weight is 213 g/mol. The highest BCUT2D eigenvalue weighted by molar-refractivity contribution is 5.70. The summed E-state index contributed by atoms with van der Waals surface area (Å²) in [5, 5.41) is 12.1. The van der Waals surface area contributed by atoms with Gasteiger partial charge in [0.25, 0.3) is 0 Å². The van der Waals surface area contributed by atoms with Crippen molar-refractivity contribution < 1.29 is 14.6 Å². The number of aliphatic hydroxyl groups excluding tert-OH is 1. The molecule has 2 unspecified atom stereocenters. The van der Waals surface area contributed by atoms with Crippen LogP contribution in [0.1, 0.15) is 40.0 Å². The Morgan fingerprint density at radius 3 is 2.47 bits per heavy atom. The molecular weight excluding hydrogens is 194 g/mol. The van der Waals surface area contributed by atoms with Gasteiger partial charge in [0.2, 0.25) is 0 Å². The minimum Gasteiger partial charge on any atom is -0.444 e. The van der Waals surface area contributed by atoms with Gasteiger partial charge in [-0.25, -0.2) is 4.79 Å². The lowest BCUT2D eigenvalue weighted by atomic mass is 9.80. The molecule has 2 fully saturated rings. The van der Waals surface area contributed by atoms with E-state index in [1.54, 1.807) is 0 Å². The number of rotatable bonds is 2. The number of ether oxygens (including phenoxy) is 1. The van der Waals surface area contributed by atoms with Gasteiger partial charge < -0.3 is 15.2 Å². The summed E-state index contributed by atoms with van der Waals surface area (Å²) in [6, 6.07) is 0. The monoisotopic (exact) mass is 213 g/mol. The zero-order valence-corrected chi connectivity index (χ0v) is 9.59. The number of fused-ring (bicyclic) bond motifs is 1. The second kappa shape index (κ2) is 2.88. The van der Waals surface area contributed by atoms with Crippen LogP contribution in [0, 0.1) is 5.41 Å². The molecular formula is C11H19NO3. The van der Waals surface area contributed by atoms with E-state index in [9.17, 15) is 9.90 Å². The lowest BCUT2D eigenvalue weighted by molar-refractivity contribution is 0.0389. The van der Waals surface area contributed by atoms with Crippen molar-refractivity contribution in [3.63, 3.8) is 0 Å². The smallest absolute Gasteiger partial charge is 0.408 e. The van der Waals surface area contributed by atoms with E-state index >= 15 is 0 Å². The van der Waals surface area contributed by atoms with E-state index in [-0.39, 0.29) is 23.7 Å². The van der Waals surface area contributed by atoms with Gasteiger partial charge in [-0.3, -0.25) is 0 Å². The Bertz CT molecular complexity index is 293. The fourth-order valence-corrected chi connectivity index (χ4v) is 2.52. The van der Waals surface area contributed by atoms with Gasteiger partial charge in [0.1, 0.15) is 5.60 Å². The molecule has 0 aromatic rings. The van der Waals surface area contributed by atoms with Crippen LogP contribution in [0.3, 0.4) is 0 Å². The molecule has 4 nitrogen and oxygen atoms in total. The van der Waals surface area contributed by atoms with Gasteiger partial charge in [-0.1, -0.05) is 0 Å². The van der Waals surface area contributed by atoms with Crippen LogP contribution in [0.25, 0.3) is 0 Å². The fourth-order valence-electron chi connectivity index (χ4n) is 2.52. The minimum atomic E-state index is -0.457. The van der Waals surface area contributed by atoms with Crippen molar-refractivity contribution >= 4 is 6.09 Å². The SMILES string of the molecule is CC(C)(C)OC(=O)NC12CCC1(CO)C2. The van der Waals surface area contributed by atoms with E-state index in [0.717, 1.165) is 19.3 Å². The molecule has 0 spiro atoms. The maximum atomic E-state index is 11.5. The molecule has 0 aromatic carbocycles. The molecule has 0 aromatic heterocycles. The van der Waals surface area contributed by atoms with Crippen LogP contribution in [0.15, 0.2) is 0 Å². The van der Waals surface area contributed by atoms with Crippen molar-refractivity contribution in [2.45, 2.75) is 51.2 Å². The number of alkyl carbamates (subject to hydrolysis) is 1. The van der Waals surface area contributed by atoms with Gasteiger partial charge in [-0.2, -0.15) is 0 Å². The molecule has 2 aliphatic carbocycles. The van der Waals surface area contributed by atoms with Crippen molar-refractivity contribution in [2.24, 2.45) is 5.41 Å². The quantitative estimate of drug-likeness (QED) is 0.729. The first-order valence-corrected chi connectivity index (χ1v) is 5.45. The number of hydrogen-bond acceptors (Lipinski definition) is 3. The van der Waals surface area contributed by atoms with Crippen LogP contribution in [0.4, 0.5) is 4.79 Å². The third-order valence-electron chi connectivity index (χ3n) is 3.60. The fraction of sp³-hybridized carbons (Fsp3) is 0.909. The molecule has 2 N–H and O–H groups in total. The first-order valence-electron chi connectivity index (χ1n) is 5.45. The topological polar surface area (TPSA) is 58.6 Å². The predicted octanol–water partition coefficient (Wildman–Crippen LogP) is 1.43. The van der Waals surface area contributed by atoms with Crippen molar-refractivity contribution in [1.29, 1.82) is 0 Å². The molecule has 15 heavy (non-hydrogen) atoms. The summed E-state index contributed by atoms with van der Waals surface area (Å²) >= 11 is 0. The van der Waals surface area contributed by atoms with Gasteiger partial charge >= 0.3 is 6.09 Å². The largest absolute Gasteiger partial charge is 0.444 e. The number of amides is 1. The van der Waals surface area contributed by atoms with Crippen molar-refractivity contribution in [2.75, 3.05) is 6.61 Å². The molecule has 86 valence electrons. The van der Waals surface area contributed by atoms with Crippen LogP contribution in [-0.2, 0) is 4.74 Å². The zero-order valence-electron chi connectivity index (χ0n) is 9.59. The Kier molecular flexibility index (Phi) is 2.06. The molecule has 0 aliphatic heterocycles. The Labute approximate surface area is 90.0 Å². The standard InChI is InChI=1S/C11H19NO3/c1-9(2,3)15-8(14)12-11-5-4-10(11,6-11)7-13/h13H,4-7H2,1-3H3,(H,12,14). The highest BCUT2D eigenvalue weighted by Gasteiger charge is 2.74. The number of nitrogens with one attached hydrogen (secondary N) is 1. The number of carbonyl (C=O) groups excluding carboxylic acids is 1. The normalized spacial score (nSPS) is 37.6. The summed E-state index contributed by atoms with van der Waals surface area (Å²) in [7, 11) is 0. The summed E-state index contributed by atoms with van der Waals surface area (Å²) < 4.78 is 5.19. The Morgan fingerprint density at radius 1 is 1.47 bits per heavy atom. The van der Waals surface area contributed by atoms with Gasteiger partial charge in [0, 0.05) is 5.41 Å². The third kappa shape index (κ3) is 1.61. The third-order valence-corrected chi connectivity index (χ3v) is 3.60. The minimum absolute atomic E-state index is 0.0239. The second-order valence-electron chi connectivity index (χ2n) is 5.82. The molecule has 0 saturated heterocycles. The van der Waals surface area contributed by atoms with Gasteiger partial charge in [0.05, 0.1) is 12.1 Å². The van der Waals surface area contributed by atoms with Crippen LogP contribution in [-0.4, -0.2) is 28.9 Å². The summed E-state index contributed by atoms with van der Waals surface area (Å²) in [6.45, 7) is 5.70. The average Bonchev–Trinajstić information content (AvgIpc) is 2.48. The number of hydrogen-bond donors (Lipinski definition) is 2. The van der Waals surface area contributed by atoms with E-state index in [1.165, 1.54) is 0 Å². The second-order valence-corrected chi connectivity index (χ2v) is 5.82. The molecule has 1 amide bonds. The van der Waals surface area contributed by atoms with Crippen LogP contribution in [0.2, 0.25) is 0 Å². The van der Waals surface area contributed by atoms with Crippen molar-refractivity contribution in [3.05, 3.63) is 0 Å². The van der Waals surface area contributed by atoms with Crippen molar-refractivity contribution in [3.8, 4) is 0 Å². The van der Waals surface area contributed by atoms with E-state index in [2.05, 4.69) is 5.32 Å². The van der Waals surface area contributed by atoms with Gasteiger partial charge in [-0.15, -0.1) is 0 Å². The molecule has 2 rings (SSSR count). The maximum Gasteiger partial charge on any atom is 0.408 e. The summed E-state index contributed by atoms with van der Waals surface area (Å²) in [5.74, 6) is 0. The summed E-state index contributed by atoms with van der Waals surface area (Å²) in [6.07, 6.45) is 2.51. The molecule has 0 heterocycles. The number of aliphatic hydroxyl groups is 1. The van der Waals surface area contributed by atoms with Crippen LogP contribution < -0.4 is 5.32 Å². The van der Waals surface area contributed by atoms with Crippen molar-refractivity contribution in [1.82, 2.24) is 5.32 Å². The Morgan fingerprint density at radius 2 is 2.13 bits per heavy atom. The van der Waals surface area contributed by atoms with E-state index < -0.39 is 5.60 Å². The molecule has 4 heteroatoms. The first kappa shape index (κ1) is 10.7. The van der Waals surface area contributed by atoms with Gasteiger partial charge in [-0.05, 0) is 40.0 Å². The first-order chi connectivity index (χ1) is 6.83. The highest BCUT2D eigenvalue weighted by Crippen LogP contribution is 2.70. The van der Waals surface area contributed by atoms with Crippen LogP contribution in [0.5, 0.6) is 0 Å². The zero-order chi connectivity index (χ0) is 11.3. The predicted molar refractivity (Wildman–Crippen MR) is 55.5 cm³/mol. The lowest BCUT2D eigenvalue weighted by Crippen LogP contribution is -2.50. The lowest BCUT2D eigenvalue weighted by Gasteiger charge is -2.35. The van der Waals surface area contributed by atoms with E-state index in [1.807, 2.05) is 20.8 Å². The Balaban J connectivity index is 1.87. The number of carbonyl (C=O) groups is 1. The van der Waals surface area contributed by atoms with Crippen LogP contribution >= 0.6 is 0 Å². The van der Waals surface area contributed by atoms with E-state index in [0.29, 0.717) is 0 Å². The molecule has 2 atom stereocenters. The maximum absolute atomic E-state index is 11.5.